The lowest BCUT2D eigenvalue weighted by molar-refractivity contribution is -0.0419. The first kappa shape index (κ1) is 21.9. The molecule has 2 fully saturated rings. The number of hydrogen-bond acceptors (Lipinski definition) is 5. The van der Waals surface area contributed by atoms with Crippen molar-refractivity contribution in [3.8, 4) is 0 Å². The van der Waals surface area contributed by atoms with Crippen LogP contribution in [0.15, 0.2) is 53.7 Å². The second-order valence-electron chi connectivity index (χ2n) is 8.23. The van der Waals surface area contributed by atoms with Crippen molar-refractivity contribution < 1.29 is 23.5 Å². The van der Waals surface area contributed by atoms with E-state index in [0.717, 1.165) is 16.8 Å². The van der Waals surface area contributed by atoms with Crippen LogP contribution in [0, 0.1) is 17.6 Å². The van der Waals surface area contributed by atoms with Gasteiger partial charge in [0.2, 0.25) is 0 Å². The molecule has 2 saturated heterocycles. The molecule has 5 atom stereocenters. The fourth-order valence-electron chi connectivity index (χ4n) is 4.89. The SMILES string of the molecule is CCC(=NOC)[C@@H]1[C@@H]2NC(CC2O)C[C@H]1OC(c1ccc(F)cc1)c1ccc(F)cc1. The van der Waals surface area contributed by atoms with Crippen LogP contribution in [0.5, 0.6) is 0 Å². The number of hydrogen-bond donors (Lipinski definition) is 2. The quantitative estimate of drug-likeness (QED) is 0.516. The Morgan fingerprint density at radius 3 is 2.16 bits per heavy atom. The van der Waals surface area contributed by atoms with E-state index in [1.165, 1.54) is 31.4 Å². The van der Waals surface area contributed by atoms with Crippen LogP contribution >= 0.6 is 0 Å². The largest absolute Gasteiger partial charge is 0.399 e. The topological polar surface area (TPSA) is 63.1 Å². The van der Waals surface area contributed by atoms with E-state index < -0.39 is 12.2 Å². The van der Waals surface area contributed by atoms with Crippen LogP contribution in [-0.4, -0.2) is 42.2 Å². The molecule has 2 bridgehead atoms. The third-order valence-corrected chi connectivity index (χ3v) is 6.28. The molecule has 2 N–H and O–H groups in total. The molecular formula is C24H28F2N2O3. The van der Waals surface area contributed by atoms with E-state index in [4.69, 9.17) is 9.57 Å². The lowest BCUT2D eigenvalue weighted by Crippen LogP contribution is -2.54. The summed E-state index contributed by atoms with van der Waals surface area (Å²) in [6, 6.07) is 12.3. The highest BCUT2D eigenvalue weighted by Crippen LogP contribution is 2.39. The van der Waals surface area contributed by atoms with E-state index >= 15 is 0 Å². The van der Waals surface area contributed by atoms with Gasteiger partial charge < -0.3 is 20.0 Å². The summed E-state index contributed by atoms with van der Waals surface area (Å²) in [7, 11) is 1.51. The van der Waals surface area contributed by atoms with Gasteiger partial charge in [0.25, 0.3) is 0 Å². The van der Waals surface area contributed by atoms with Gasteiger partial charge >= 0.3 is 0 Å². The van der Waals surface area contributed by atoms with Gasteiger partial charge in [-0.1, -0.05) is 36.3 Å². The highest BCUT2D eigenvalue weighted by molar-refractivity contribution is 5.87. The Kier molecular flexibility index (Phi) is 6.65. The van der Waals surface area contributed by atoms with Crippen LogP contribution in [0.4, 0.5) is 8.78 Å². The maximum atomic E-state index is 13.6. The van der Waals surface area contributed by atoms with Crippen molar-refractivity contribution in [3.05, 3.63) is 71.3 Å². The molecule has 2 aromatic carbocycles. The number of ether oxygens (including phenoxy) is 1. The summed E-state index contributed by atoms with van der Waals surface area (Å²) >= 11 is 0. The predicted octanol–water partition coefficient (Wildman–Crippen LogP) is 3.96. The van der Waals surface area contributed by atoms with Crippen molar-refractivity contribution in [2.24, 2.45) is 11.1 Å². The number of halogens is 2. The maximum Gasteiger partial charge on any atom is 0.123 e. The number of oxime groups is 1. The molecule has 2 aliphatic heterocycles. The third-order valence-electron chi connectivity index (χ3n) is 6.28. The standard InChI is InChI=1S/C24H28F2N2O3/c1-3-19(28-30-2)22-21(13-18-12-20(29)23(22)27-18)31-24(14-4-8-16(25)9-5-14)15-6-10-17(26)11-7-15/h4-11,18,20-24,27,29H,3,12-13H2,1-2H3/t18?,20?,21-,22+,23-/m1/s1. The van der Waals surface area contributed by atoms with Gasteiger partial charge in [-0.15, -0.1) is 0 Å². The van der Waals surface area contributed by atoms with Crippen molar-refractivity contribution in [1.82, 2.24) is 5.32 Å². The molecule has 0 amide bonds. The van der Waals surface area contributed by atoms with Gasteiger partial charge in [-0.25, -0.2) is 8.78 Å². The summed E-state index contributed by atoms with van der Waals surface area (Å²) in [5.41, 5.74) is 2.38. The van der Waals surface area contributed by atoms with Crippen LogP contribution in [-0.2, 0) is 9.57 Å². The van der Waals surface area contributed by atoms with Gasteiger partial charge in [0.1, 0.15) is 24.8 Å². The number of aliphatic hydroxyl groups is 1. The fourth-order valence-corrected chi connectivity index (χ4v) is 4.89. The second-order valence-corrected chi connectivity index (χ2v) is 8.23. The molecule has 4 rings (SSSR count). The van der Waals surface area contributed by atoms with E-state index in [0.29, 0.717) is 19.3 Å². The van der Waals surface area contributed by atoms with Gasteiger partial charge in [-0.05, 0) is 54.7 Å². The van der Waals surface area contributed by atoms with E-state index in [1.54, 1.807) is 24.3 Å². The summed E-state index contributed by atoms with van der Waals surface area (Å²) in [6.07, 6.45) is 0.757. The van der Waals surface area contributed by atoms with Gasteiger partial charge in [0, 0.05) is 18.0 Å². The van der Waals surface area contributed by atoms with Crippen LogP contribution in [0.1, 0.15) is 43.4 Å². The Hall–Kier alpha value is -2.35. The second kappa shape index (κ2) is 9.42. The van der Waals surface area contributed by atoms with Gasteiger partial charge in [0.15, 0.2) is 0 Å². The van der Waals surface area contributed by atoms with Crippen molar-refractivity contribution in [2.75, 3.05) is 7.11 Å². The molecule has 0 spiro atoms. The summed E-state index contributed by atoms with van der Waals surface area (Å²) in [5.74, 6) is -0.840. The molecule has 166 valence electrons. The summed E-state index contributed by atoms with van der Waals surface area (Å²) in [4.78, 5) is 5.08. The number of nitrogens with one attached hydrogen (secondary N) is 1. The predicted molar refractivity (Wildman–Crippen MR) is 114 cm³/mol. The van der Waals surface area contributed by atoms with Crippen LogP contribution < -0.4 is 5.32 Å². The average molecular weight is 430 g/mol. The van der Waals surface area contributed by atoms with Crippen LogP contribution in [0.2, 0.25) is 0 Å². The van der Waals surface area contributed by atoms with Crippen LogP contribution in [0.3, 0.4) is 0 Å². The molecule has 5 nitrogen and oxygen atoms in total. The Morgan fingerprint density at radius 1 is 1.06 bits per heavy atom. The fraction of sp³-hybridized carbons (Fsp3) is 0.458. The average Bonchev–Trinajstić information content (AvgIpc) is 3.06. The Labute approximate surface area is 181 Å². The summed E-state index contributed by atoms with van der Waals surface area (Å²) in [5, 5.41) is 18.4. The van der Waals surface area contributed by atoms with Gasteiger partial charge in [-0.2, -0.15) is 0 Å². The van der Waals surface area contributed by atoms with Crippen molar-refractivity contribution in [3.63, 3.8) is 0 Å². The highest BCUT2D eigenvalue weighted by Gasteiger charge is 2.49. The monoisotopic (exact) mass is 430 g/mol. The maximum absolute atomic E-state index is 13.6. The number of benzene rings is 2. The number of nitrogens with zero attached hydrogens (tertiary/aromatic N) is 1. The van der Waals surface area contributed by atoms with E-state index in [2.05, 4.69) is 10.5 Å². The number of aliphatic hydroxyl groups excluding tert-OH is 1. The molecule has 0 aliphatic carbocycles. The number of piperidine rings is 1. The lowest BCUT2D eigenvalue weighted by atomic mass is 9.83. The molecule has 0 saturated carbocycles. The number of rotatable bonds is 7. The Morgan fingerprint density at radius 2 is 1.65 bits per heavy atom. The van der Waals surface area contributed by atoms with Crippen molar-refractivity contribution in [1.29, 1.82) is 0 Å². The van der Waals surface area contributed by atoms with E-state index in [9.17, 15) is 13.9 Å². The molecular weight excluding hydrogens is 402 g/mol. The van der Waals surface area contributed by atoms with Crippen molar-refractivity contribution in [2.45, 2.75) is 56.6 Å². The van der Waals surface area contributed by atoms with E-state index in [-0.39, 0.29) is 35.7 Å². The van der Waals surface area contributed by atoms with E-state index in [1.807, 2.05) is 6.92 Å². The minimum atomic E-state index is -0.510. The lowest BCUT2D eigenvalue weighted by Gasteiger charge is -2.40. The molecule has 2 aromatic rings. The molecule has 0 radical (unpaired) electrons. The normalized spacial score (nSPS) is 28.2. The molecule has 31 heavy (non-hydrogen) atoms. The van der Waals surface area contributed by atoms with Gasteiger partial charge in [-0.3, -0.25) is 0 Å². The highest BCUT2D eigenvalue weighted by atomic mass is 19.1. The molecule has 0 aromatic heterocycles. The van der Waals surface area contributed by atoms with Crippen molar-refractivity contribution >= 4 is 5.71 Å². The zero-order chi connectivity index (χ0) is 22.0. The molecule has 7 heteroatoms. The van der Waals surface area contributed by atoms with Crippen LogP contribution in [0.25, 0.3) is 0 Å². The van der Waals surface area contributed by atoms with Gasteiger partial charge in [0.05, 0.1) is 17.9 Å². The first-order valence-electron chi connectivity index (χ1n) is 10.7. The summed E-state index contributed by atoms with van der Waals surface area (Å²) < 4.78 is 33.8. The molecule has 2 aliphatic rings. The Bertz CT molecular complexity index is 859. The zero-order valence-electron chi connectivity index (χ0n) is 17.7. The first-order valence-corrected chi connectivity index (χ1v) is 10.7. The minimum Gasteiger partial charge on any atom is -0.399 e. The minimum absolute atomic E-state index is 0.143. The number of fused-ring (bicyclic) bond motifs is 2. The zero-order valence-corrected chi connectivity index (χ0v) is 17.7. The Balaban J connectivity index is 1.70. The molecule has 2 unspecified atom stereocenters. The summed E-state index contributed by atoms with van der Waals surface area (Å²) in [6.45, 7) is 2.00. The third kappa shape index (κ3) is 4.63. The first-order chi connectivity index (χ1) is 15.0. The smallest absolute Gasteiger partial charge is 0.123 e. The molecule has 2 heterocycles.